The molecule has 4 nitrogen and oxygen atoms in total. The summed E-state index contributed by atoms with van der Waals surface area (Å²) in [7, 11) is 0. The van der Waals surface area contributed by atoms with Crippen molar-refractivity contribution in [3.63, 3.8) is 0 Å². The fourth-order valence-corrected chi connectivity index (χ4v) is 1.85. The molecule has 0 radical (unpaired) electrons. The first-order valence-electron chi connectivity index (χ1n) is 6.68. The van der Waals surface area contributed by atoms with Crippen molar-refractivity contribution in [1.29, 1.82) is 0 Å². The smallest absolute Gasteiger partial charge is 0.387 e. The van der Waals surface area contributed by atoms with E-state index in [2.05, 4.69) is 10.1 Å². The van der Waals surface area contributed by atoms with Crippen LogP contribution in [-0.2, 0) is 0 Å². The number of rotatable bonds is 6. The molecule has 116 valence electrons. The lowest BCUT2D eigenvalue weighted by molar-refractivity contribution is -0.0498. The monoisotopic (exact) mass is 307 g/mol. The molecule has 0 spiro atoms. The highest BCUT2D eigenvalue weighted by atomic mass is 19.3. The van der Waals surface area contributed by atoms with E-state index in [1.165, 1.54) is 24.3 Å². The maximum absolute atomic E-state index is 12.2. The Labute approximate surface area is 126 Å². The summed E-state index contributed by atoms with van der Waals surface area (Å²) in [4.78, 5) is 12.2. The first-order valence-corrected chi connectivity index (χ1v) is 6.68. The Bertz CT molecular complexity index is 630. The molecule has 0 atom stereocenters. The minimum atomic E-state index is -2.88. The summed E-state index contributed by atoms with van der Waals surface area (Å²) < 4.78 is 33.8. The lowest BCUT2D eigenvalue weighted by Crippen LogP contribution is -2.13. The van der Waals surface area contributed by atoms with E-state index in [0.717, 1.165) is 0 Å². The third-order valence-electron chi connectivity index (χ3n) is 2.77. The average Bonchev–Trinajstić information content (AvgIpc) is 2.49. The quantitative estimate of drug-likeness (QED) is 0.879. The minimum absolute atomic E-state index is 0.0303. The van der Waals surface area contributed by atoms with Crippen molar-refractivity contribution in [3.05, 3.63) is 54.1 Å². The largest absolute Gasteiger partial charge is 0.493 e. The Morgan fingerprint density at radius 2 is 1.82 bits per heavy atom. The molecule has 0 aliphatic rings. The highest BCUT2D eigenvalue weighted by molar-refractivity contribution is 6.06. The van der Waals surface area contributed by atoms with Crippen LogP contribution in [0.1, 0.15) is 17.3 Å². The fraction of sp³-hybridized carbons (Fsp3) is 0.188. The predicted octanol–water partition coefficient (Wildman–Crippen LogP) is 3.94. The number of halogens is 2. The number of benzene rings is 2. The molecule has 0 bridgehead atoms. The van der Waals surface area contributed by atoms with Gasteiger partial charge in [-0.2, -0.15) is 8.78 Å². The molecule has 1 N–H and O–H groups in total. The summed E-state index contributed by atoms with van der Waals surface area (Å²) in [5.41, 5.74) is 0.871. The van der Waals surface area contributed by atoms with Crippen LogP contribution in [0.5, 0.6) is 11.5 Å². The van der Waals surface area contributed by atoms with Crippen molar-refractivity contribution < 1.29 is 23.0 Å². The maximum atomic E-state index is 12.2. The van der Waals surface area contributed by atoms with Crippen molar-refractivity contribution >= 4 is 11.6 Å². The standard InChI is InChI=1S/C16H15F2NO3/c1-2-21-14-6-4-3-5-13(14)15(20)19-11-7-9-12(10-8-11)22-16(17)18/h3-10,16H,2H2,1H3,(H,19,20). The van der Waals surface area contributed by atoms with Crippen molar-refractivity contribution in [2.45, 2.75) is 13.5 Å². The Morgan fingerprint density at radius 1 is 1.14 bits per heavy atom. The van der Waals surface area contributed by atoms with E-state index in [0.29, 0.717) is 23.6 Å². The zero-order valence-corrected chi connectivity index (χ0v) is 11.9. The minimum Gasteiger partial charge on any atom is -0.493 e. The molecule has 22 heavy (non-hydrogen) atoms. The molecule has 2 aromatic carbocycles. The molecule has 0 saturated carbocycles. The van der Waals surface area contributed by atoms with Gasteiger partial charge in [-0.1, -0.05) is 12.1 Å². The van der Waals surface area contributed by atoms with E-state index < -0.39 is 6.61 Å². The van der Waals surface area contributed by atoms with Crippen molar-refractivity contribution in [2.24, 2.45) is 0 Å². The highest BCUT2D eigenvalue weighted by Gasteiger charge is 2.12. The number of alkyl halides is 2. The van der Waals surface area contributed by atoms with Crippen molar-refractivity contribution in [2.75, 3.05) is 11.9 Å². The number of carbonyl (C=O) groups excluding carboxylic acids is 1. The molecular weight excluding hydrogens is 292 g/mol. The van der Waals surface area contributed by atoms with E-state index in [9.17, 15) is 13.6 Å². The molecule has 0 heterocycles. The van der Waals surface area contributed by atoms with E-state index in [1.54, 1.807) is 24.3 Å². The highest BCUT2D eigenvalue weighted by Crippen LogP contribution is 2.21. The Kier molecular flexibility index (Phi) is 5.30. The fourth-order valence-electron chi connectivity index (χ4n) is 1.85. The maximum Gasteiger partial charge on any atom is 0.387 e. The van der Waals surface area contributed by atoms with Crippen LogP contribution in [0.4, 0.5) is 14.5 Å². The predicted molar refractivity (Wildman–Crippen MR) is 78.6 cm³/mol. The molecule has 0 fully saturated rings. The van der Waals surface area contributed by atoms with Gasteiger partial charge in [-0.25, -0.2) is 0 Å². The average molecular weight is 307 g/mol. The lowest BCUT2D eigenvalue weighted by Gasteiger charge is -2.11. The SMILES string of the molecule is CCOc1ccccc1C(=O)Nc1ccc(OC(F)F)cc1. The Balaban J connectivity index is 2.09. The third kappa shape index (κ3) is 4.18. The first-order chi connectivity index (χ1) is 10.6. The van der Waals surface area contributed by atoms with E-state index >= 15 is 0 Å². The number of hydrogen-bond acceptors (Lipinski definition) is 3. The summed E-state index contributed by atoms with van der Waals surface area (Å²) in [6, 6.07) is 12.5. The van der Waals surface area contributed by atoms with Crippen molar-refractivity contribution in [1.82, 2.24) is 0 Å². The van der Waals surface area contributed by atoms with E-state index in [4.69, 9.17) is 4.74 Å². The van der Waals surface area contributed by atoms with Gasteiger partial charge in [0.2, 0.25) is 0 Å². The number of nitrogens with one attached hydrogen (secondary N) is 1. The van der Waals surface area contributed by atoms with Gasteiger partial charge >= 0.3 is 6.61 Å². The Morgan fingerprint density at radius 3 is 2.45 bits per heavy atom. The lowest BCUT2D eigenvalue weighted by atomic mass is 10.2. The summed E-state index contributed by atoms with van der Waals surface area (Å²) in [5, 5.41) is 2.68. The number of ether oxygens (including phenoxy) is 2. The second-order valence-corrected chi connectivity index (χ2v) is 4.29. The Hall–Kier alpha value is -2.63. The second kappa shape index (κ2) is 7.40. The van der Waals surface area contributed by atoms with Gasteiger partial charge in [-0.3, -0.25) is 4.79 Å². The first kappa shape index (κ1) is 15.8. The molecular formula is C16H15F2NO3. The molecule has 2 rings (SSSR count). The van der Waals surface area contributed by atoms with Crippen LogP contribution in [0.25, 0.3) is 0 Å². The molecule has 0 unspecified atom stereocenters. The normalized spacial score (nSPS) is 10.4. The summed E-state index contributed by atoms with van der Waals surface area (Å²) >= 11 is 0. The number of carbonyl (C=O) groups is 1. The molecule has 6 heteroatoms. The summed E-state index contributed by atoms with van der Waals surface area (Å²) in [6.45, 7) is -0.598. The van der Waals surface area contributed by atoms with Crippen LogP contribution in [0, 0.1) is 0 Å². The molecule has 0 aliphatic carbocycles. The van der Waals surface area contributed by atoms with Gasteiger partial charge in [-0.15, -0.1) is 0 Å². The van der Waals surface area contributed by atoms with Gasteiger partial charge < -0.3 is 14.8 Å². The molecule has 0 saturated heterocycles. The van der Waals surface area contributed by atoms with Gasteiger partial charge in [0, 0.05) is 5.69 Å². The second-order valence-electron chi connectivity index (χ2n) is 4.29. The summed E-state index contributed by atoms with van der Waals surface area (Å²) in [5.74, 6) is 0.175. The molecule has 1 amide bonds. The van der Waals surface area contributed by atoms with Crippen molar-refractivity contribution in [3.8, 4) is 11.5 Å². The van der Waals surface area contributed by atoms with Gasteiger partial charge in [0.1, 0.15) is 11.5 Å². The topological polar surface area (TPSA) is 47.6 Å². The van der Waals surface area contributed by atoms with E-state index in [-0.39, 0.29) is 11.7 Å². The van der Waals surface area contributed by atoms with Crippen LogP contribution in [0.15, 0.2) is 48.5 Å². The molecule has 2 aromatic rings. The van der Waals surface area contributed by atoms with Crippen LogP contribution in [0.3, 0.4) is 0 Å². The molecule has 0 aromatic heterocycles. The van der Waals surface area contributed by atoms with Crippen LogP contribution >= 0.6 is 0 Å². The van der Waals surface area contributed by atoms with Gasteiger partial charge in [0.15, 0.2) is 0 Å². The van der Waals surface area contributed by atoms with E-state index in [1.807, 2.05) is 6.92 Å². The van der Waals surface area contributed by atoms with Crippen LogP contribution in [-0.4, -0.2) is 19.1 Å². The van der Waals surface area contributed by atoms with Crippen LogP contribution < -0.4 is 14.8 Å². The number of amides is 1. The number of anilines is 1. The summed E-state index contributed by atoms with van der Waals surface area (Å²) in [6.07, 6.45) is 0. The zero-order chi connectivity index (χ0) is 15.9. The number of para-hydroxylation sites is 1. The zero-order valence-electron chi connectivity index (χ0n) is 11.9. The van der Waals surface area contributed by atoms with Gasteiger partial charge in [0.05, 0.1) is 12.2 Å². The number of hydrogen-bond donors (Lipinski definition) is 1. The van der Waals surface area contributed by atoms with Crippen LogP contribution in [0.2, 0.25) is 0 Å². The van der Waals surface area contributed by atoms with Gasteiger partial charge in [-0.05, 0) is 43.3 Å². The van der Waals surface area contributed by atoms with Gasteiger partial charge in [0.25, 0.3) is 5.91 Å². The third-order valence-corrected chi connectivity index (χ3v) is 2.77. The molecule has 0 aliphatic heterocycles.